The summed E-state index contributed by atoms with van der Waals surface area (Å²) in [5.74, 6) is 0.156. The number of carbonyl (C=O) groups excluding carboxylic acids is 1. The van der Waals surface area contributed by atoms with Crippen molar-refractivity contribution in [2.45, 2.75) is 20.5 Å². The van der Waals surface area contributed by atoms with Gasteiger partial charge in [0.25, 0.3) is 0 Å². The molecule has 0 aliphatic carbocycles. The molecule has 4 rings (SSSR count). The molecule has 0 fully saturated rings. The Kier molecular flexibility index (Phi) is 6.06. The van der Waals surface area contributed by atoms with Gasteiger partial charge in [0.15, 0.2) is 0 Å². The lowest BCUT2D eigenvalue weighted by Gasteiger charge is -2.13. The quantitative estimate of drug-likeness (QED) is 0.371. The molecule has 0 radical (unpaired) electrons. The second-order valence-corrected chi connectivity index (χ2v) is 7.51. The molecule has 3 aromatic heterocycles. The average molecular weight is 457 g/mol. The fourth-order valence-electron chi connectivity index (χ4n) is 3.13. The molecule has 0 saturated heterocycles. The van der Waals surface area contributed by atoms with Crippen molar-refractivity contribution in [1.82, 2.24) is 19.7 Å². The number of carbonyl (C=O) groups is 1. The third kappa shape index (κ3) is 4.33. The van der Waals surface area contributed by atoms with Crippen LogP contribution in [0.3, 0.4) is 0 Å². The SMILES string of the molecule is CCOC(=O)c1cnn(-c2cc(C)nc3c(OCc4c(Cl)cncc4Cl)cccc23)c1. The zero-order chi connectivity index (χ0) is 22.0. The van der Waals surface area contributed by atoms with Gasteiger partial charge in [-0.25, -0.2) is 14.5 Å². The number of nitrogens with zero attached hydrogens (tertiary/aromatic N) is 4. The van der Waals surface area contributed by atoms with Gasteiger partial charge in [-0.15, -0.1) is 0 Å². The number of aromatic nitrogens is 4. The van der Waals surface area contributed by atoms with Crippen LogP contribution >= 0.6 is 23.2 Å². The van der Waals surface area contributed by atoms with Gasteiger partial charge in [0.2, 0.25) is 0 Å². The summed E-state index contributed by atoms with van der Waals surface area (Å²) in [5, 5.41) is 6.01. The third-order valence-corrected chi connectivity index (χ3v) is 5.23. The topological polar surface area (TPSA) is 79.1 Å². The van der Waals surface area contributed by atoms with Crippen LogP contribution in [0.2, 0.25) is 10.0 Å². The number of rotatable bonds is 6. The largest absolute Gasteiger partial charge is 0.487 e. The lowest BCUT2D eigenvalue weighted by atomic mass is 10.1. The zero-order valence-corrected chi connectivity index (χ0v) is 18.3. The molecule has 0 aliphatic rings. The minimum Gasteiger partial charge on any atom is -0.487 e. The first-order valence-electron chi connectivity index (χ1n) is 9.51. The van der Waals surface area contributed by atoms with E-state index in [1.54, 1.807) is 17.8 Å². The minimum atomic E-state index is -0.418. The van der Waals surface area contributed by atoms with Gasteiger partial charge in [-0.2, -0.15) is 5.10 Å². The molecule has 0 spiro atoms. The van der Waals surface area contributed by atoms with Crippen LogP contribution in [-0.2, 0) is 11.3 Å². The fraction of sp³-hybridized carbons (Fsp3) is 0.182. The summed E-state index contributed by atoms with van der Waals surface area (Å²) in [7, 11) is 0. The smallest absolute Gasteiger partial charge is 0.341 e. The van der Waals surface area contributed by atoms with Crippen molar-refractivity contribution in [2.75, 3.05) is 6.61 Å². The van der Waals surface area contributed by atoms with Crippen LogP contribution in [0.25, 0.3) is 16.6 Å². The molecule has 9 heteroatoms. The first kappa shape index (κ1) is 21.1. The van der Waals surface area contributed by atoms with Crippen LogP contribution in [0, 0.1) is 6.92 Å². The lowest BCUT2D eigenvalue weighted by Crippen LogP contribution is -2.04. The van der Waals surface area contributed by atoms with Gasteiger partial charge in [0.05, 0.1) is 34.1 Å². The number of hydrogen-bond donors (Lipinski definition) is 0. The Hall–Kier alpha value is -3.16. The molecule has 0 aliphatic heterocycles. The van der Waals surface area contributed by atoms with Crippen LogP contribution in [0.4, 0.5) is 0 Å². The first-order chi connectivity index (χ1) is 15.0. The van der Waals surface area contributed by atoms with Crippen molar-refractivity contribution in [3.8, 4) is 11.4 Å². The Bertz CT molecular complexity index is 1250. The summed E-state index contributed by atoms with van der Waals surface area (Å²) in [5.41, 5.74) is 3.22. The van der Waals surface area contributed by atoms with Gasteiger partial charge in [0, 0.05) is 35.2 Å². The Morgan fingerprint density at radius 2 is 1.94 bits per heavy atom. The highest BCUT2D eigenvalue weighted by Gasteiger charge is 2.15. The molecular formula is C22H18Cl2N4O3. The highest BCUT2D eigenvalue weighted by molar-refractivity contribution is 6.35. The average Bonchev–Trinajstić information content (AvgIpc) is 3.23. The van der Waals surface area contributed by atoms with E-state index in [1.165, 1.54) is 18.6 Å². The number of fused-ring (bicyclic) bond motifs is 1. The van der Waals surface area contributed by atoms with Crippen molar-refractivity contribution in [3.05, 3.63) is 75.9 Å². The van der Waals surface area contributed by atoms with Crippen LogP contribution in [0.1, 0.15) is 28.5 Å². The second kappa shape index (κ2) is 8.91. The van der Waals surface area contributed by atoms with Gasteiger partial charge < -0.3 is 9.47 Å². The van der Waals surface area contributed by atoms with E-state index >= 15 is 0 Å². The molecule has 158 valence electrons. The molecule has 0 N–H and O–H groups in total. The predicted octanol–water partition coefficient (Wildman–Crippen LogP) is 5.19. The molecule has 3 heterocycles. The predicted molar refractivity (Wildman–Crippen MR) is 118 cm³/mol. The Morgan fingerprint density at radius 1 is 1.16 bits per heavy atom. The van der Waals surface area contributed by atoms with Gasteiger partial charge in [-0.05, 0) is 26.0 Å². The Morgan fingerprint density at radius 3 is 2.68 bits per heavy atom. The maximum atomic E-state index is 12.0. The Balaban J connectivity index is 1.72. The summed E-state index contributed by atoms with van der Waals surface area (Å²) in [4.78, 5) is 20.6. The number of esters is 1. The number of para-hydroxylation sites is 1. The van der Waals surface area contributed by atoms with Gasteiger partial charge >= 0.3 is 5.97 Å². The zero-order valence-electron chi connectivity index (χ0n) is 16.8. The normalized spacial score (nSPS) is 11.0. The summed E-state index contributed by atoms with van der Waals surface area (Å²) in [6.07, 6.45) is 6.16. The molecule has 4 aromatic rings. The summed E-state index contributed by atoms with van der Waals surface area (Å²) >= 11 is 12.4. The molecule has 0 amide bonds. The summed E-state index contributed by atoms with van der Waals surface area (Å²) in [6, 6.07) is 7.51. The molecule has 7 nitrogen and oxygen atoms in total. The van der Waals surface area contributed by atoms with Crippen LogP contribution < -0.4 is 4.74 Å². The van der Waals surface area contributed by atoms with Crippen molar-refractivity contribution in [1.29, 1.82) is 0 Å². The van der Waals surface area contributed by atoms with E-state index in [9.17, 15) is 4.79 Å². The summed E-state index contributed by atoms with van der Waals surface area (Å²) < 4.78 is 12.7. The van der Waals surface area contributed by atoms with E-state index in [2.05, 4.69) is 15.1 Å². The third-order valence-electron chi connectivity index (χ3n) is 4.57. The molecule has 0 atom stereocenters. The van der Waals surface area contributed by atoms with Crippen LogP contribution in [-0.4, -0.2) is 32.3 Å². The van der Waals surface area contributed by atoms with Gasteiger partial charge in [0.1, 0.15) is 17.9 Å². The fourth-order valence-corrected chi connectivity index (χ4v) is 3.61. The maximum Gasteiger partial charge on any atom is 0.341 e. The molecule has 1 aromatic carbocycles. The van der Waals surface area contributed by atoms with Crippen molar-refractivity contribution < 1.29 is 14.3 Å². The number of aryl methyl sites for hydroxylation is 1. The molecule has 0 saturated carbocycles. The van der Waals surface area contributed by atoms with E-state index in [-0.39, 0.29) is 6.61 Å². The molecular weight excluding hydrogens is 439 g/mol. The van der Waals surface area contributed by atoms with Crippen LogP contribution in [0.15, 0.2) is 49.1 Å². The standard InChI is InChI=1S/C22H18Cl2N4O3/c1-3-30-22(29)14-8-26-28(11-14)19-7-13(2)27-21-15(19)5-4-6-20(21)31-12-16-17(23)9-25-10-18(16)24/h4-11H,3,12H2,1-2H3. The molecule has 0 bridgehead atoms. The number of pyridine rings is 2. The lowest BCUT2D eigenvalue weighted by molar-refractivity contribution is 0.0526. The molecule has 31 heavy (non-hydrogen) atoms. The highest BCUT2D eigenvalue weighted by atomic mass is 35.5. The van der Waals surface area contributed by atoms with E-state index in [4.69, 9.17) is 32.7 Å². The number of ether oxygens (including phenoxy) is 2. The highest BCUT2D eigenvalue weighted by Crippen LogP contribution is 2.31. The van der Waals surface area contributed by atoms with Crippen molar-refractivity contribution in [2.24, 2.45) is 0 Å². The summed E-state index contributed by atoms with van der Waals surface area (Å²) in [6.45, 7) is 4.11. The van der Waals surface area contributed by atoms with Crippen LogP contribution in [0.5, 0.6) is 5.75 Å². The van der Waals surface area contributed by atoms with E-state index in [1.807, 2.05) is 31.2 Å². The van der Waals surface area contributed by atoms with E-state index < -0.39 is 5.97 Å². The van der Waals surface area contributed by atoms with Gasteiger partial charge in [-0.1, -0.05) is 35.3 Å². The Labute approximate surface area is 188 Å². The van der Waals surface area contributed by atoms with Crippen molar-refractivity contribution >= 4 is 40.1 Å². The number of benzene rings is 1. The first-order valence-corrected chi connectivity index (χ1v) is 10.3. The monoisotopic (exact) mass is 456 g/mol. The molecule has 0 unspecified atom stereocenters. The van der Waals surface area contributed by atoms with Gasteiger partial charge in [-0.3, -0.25) is 4.98 Å². The number of halogens is 2. The number of hydrogen-bond acceptors (Lipinski definition) is 6. The minimum absolute atomic E-state index is 0.166. The maximum absolute atomic E-state index is 12.0. The second-order valence-electron chi connectivity index (χ2n) is 6.70. The van der Waals surface area contributed by atoms with E-state index in [0.29, 0.717) is 39.0 Å². The van der Waals surface area contributed by atoms with E-state index in [0.717, 1.165) is 16.8 Å². The van der Waals surface area contributed by atoms with Crippen molar-refractivity contribution in [3.63, 3.8) is 0 Å².